The highest BCUT2D eigenvalue weighted by atomic mass is 79.9. The molecule has 0 aliphatic carbocycles. The second-order valence-corrected chi connectivity index (χ2v) is 6.03. The molecule has 2 N–H and O–H groups in total. The number of aromatic amines is 1. The van der Waals surface area contributed by atoms with Gasteiger partial charge in [0.1, 0.15) is 0 Å². The maximum absolute atomic E-state index is 12.5. The Kier molecular flexibility index (Phi) is 3.55. The van der Waals surface area contributed by atoms with Crippen molar-refractivity contribution in [2.24, 2.45) is 0 Å². The summed E-state index contributed by atoms with van der Waals surface area (Å²) in [5.41, 5.74) is 4.57. The molecule has 0 atom stereocenters. The van der Waals surface area contributed by atoms with Gasteiger partial charge in [-0.25, -0.2) is 0 Å². The van der Waals surface area contributed by atoms with Gasteiger partial charge in [-0.3, -0.25) is 4.79 Å². The molecule has 106 valence electrons. The Morgan fingerprint density at radius 2 is 1.81 bits per heavy atom. The van der Waals surface area contributed by atoms with Gasteiger partial charge < -0.3 is 10.3 Å². The van der Waals surface area contributed by atoms with Crippen molar-refractivity contribution >= 4 is 38.4 Å². The maximum Gasteiger partial charge on any atom is 0.257 e. The summed E-state index contributed by atoms with van der Waals surface area (Å²) in [4.78, 5) is 15.7. The molecule has 21 heavy (non-hydrogen) atoms. The van der Waals surface area contributed by atoms with Crippen LogP contribution in [0.1, 0.15) is 21.5 Å². The normalized spacial score (nSPS) is 10.8. The molecule has 1 heterocycles. The number of benzene rings is 2. The molecule has 4 heteroatoms. The van der Waals surface area contributed by atoms with Crippen LogP contribution in [0.4, 0.5) is 5.69 Å². The molecule has 0 radical (unpaired) electrons. The number of carbonyl (C=O) groups is 1. The highest BCUT2D eigenvalue weighted by Crippen LogP contribution is 2.26. The molecule has 3 nitrogen and oxygen atoms in total. The zero-order valence-corrected chi connectivity index (χ0v) is 13.4. The van der Waals surface area contributed by atoms with E-state index in [2.05, 4.69) is 26.2 Å². The Balaban J connectivity index is 1.97. The molecule has 1 amide bonds. The summed E-state index contributed by atoms with van der Waals surface area (Å²) < 4.78 is 1.02. The Bertz CT molecular complexity index is 813. The lowest BCUT2D eigenvalue weighted by atomic mass is 10.1. The van der Waals surface area contributed by atoms with E-state index in [0.29, 0.717) is 5.56 Å². The predicted molar refractivity (Wildman–Crippen MR) is 89.9 cm³/mol. The first-order chi connectivity index (χ1) is 10.1. The number of anilines is 1. The molecule has 0 saturated heterocycles. The summed E-state index contributed by atoms with van der Waals surface area (Å²) in [7, 11) is 0. The monoisotopic (exact) mass is 342 g/mol. The van der Waals surface area contributed by atoms with Crippen molar-refractivity contribution in [1.82, 2.24) is 4.98 Å². The predicted octanol–water partition coefficient (Wildman–Crippen LogP) is 4.80. The summed E-state index contributed by atoms with van der Waals surface area (Å²) in [5.74, 6) is -0.0963. The van der Waals surface area contributed by atoms with Crippen molar-refractivity contribution in [1.29, 1.82) is 0 Å². The third-order valence-corrected chi connectivity index (χ3v) is 4.03. The van der Waals surface area contributed by atoms with Crippen LogP contribution in [0.5, 0.6) is 0 Å². The van der Waals surface area contributed by atoms with Gasteiger partial charge in [0.2, 0.25) is 0 Å². The zero-order chi connectivity index (χ0) is 15.0. The Morgan fingerprint density at radius 1 is 1.14 bits per heavy atom. The van der Waals surface area contributed by atoms with E-state index in [1.54, 1.807) is 6.20 Å². The average molecular weight is 343 g/mol. The van der Waals surface area contributed by atoms with Crippen LogP contribution in [-0.4, -0.2) is 10.9 Å². The van der Waals surface area contributed by atoms with Gasteiger partial charge in [0, 0.05) is 27.3 Å². The van der Waals surface area contributed by atoms with Gasteiger partial charge in [0.05, 0.1) is 5.56 Å². The smallest absolute Gasteiger partial charge is 0.257 e. The van der Waals surface area contributed by atoms with Crippen LogP contribution in [0, 0.1) is 13.8 Å². The van der Waals surface area contributed by atoms with Crippen molar-refractivity contribution in [3.05, 3.63) is 63.8 Å². The van der Waals surface area contributed by atoms with Crippen LogP contribution in [0.3, 0.4) is 0 Å². The molecule has 3 aromatic rings. The number of rotatable bonds is 2. The first-order valence-corrected chi connectivity index (χ1v) is 7.50. The minimum absolute atomic E-state index is 0.0963. The van der Waals surface area contributed by atoms with Crippen molar-refractivity contribution in [3.63, 3.8) is 0 Å². The lowest BCUT2D eigenvalue weighted by Gasteiger charge is -2.12. The van der Waals surface area contributed by atoms with E-state index >= 15 is 0 Å². The molecule has 0 aliphatic rings. The van der Waals surface area contributed by atoms with Crippen LogP contribution >= 0.6 is 15.9 Å². The molecule has 2 aromatic carbocycles. The number of hydrogen-bond acceptors (Lipinski definition) is 1. The molecule has 1 aromatic heterocycles. The second-order valence-electron chi connectivity index (χ2n) is 5.12. The second kappa shape index (κ2) is 5.37. The van der Waals surface area contributed by atoms with Gasteiger partial charge in [-0.05, 0) is 43.2 Å². The minimum atomic E-state index is -0.0963. The van der Waals surface area contributed by atoms with E-state index in [9.17, 15) is 4.79 Å². The number of halogens is 1. The zero-order valence-electron chi connectivity index (χ0n) is 11.8. The van der Waals surface area contributed by atoms with Crippen LogP contribution in [0.2, 0.25) is 0 Å². The van der Waals surface area contributed by atoms with Crippen LogP contribution in [0.15, 0.2) is 47.1 Å². The Morgan fingerprint density at radius 3 is 2.52 bits per heavy atom. The quantitative estimate of drug-likeness (QED) is 0.690. The fourth-order valence-corrected chi connectivity index (χ4v) is 3.23. The van der Waals surface area contributed by atoms with Gasteiger partial charge in [-0.2, -0.15) is 0 Å². The van der Waals surface area contributed by atoms with Gasteiger partial charge in [-0.15, -0.1) is 0 Å². The minimum Gasteiger partial charge on any atom is -0.360 e. The lowest BCUT2D eigenvalue weighted by molar-refractivity contribution is 0.102. The molecule has 0 spiro atoms. The number of amides is 1. The van der Waals surface area contributed by atoms with E-state index in [4.69, 9.17) is 0 Å². The molecule has 0 bridgehead atoms. The van der Waals surface area contributed by atoms with Crippen LogP contribution < -0.4 is 5.32 Å². The fraction of sp³-hybridized carbons (Fsp3) is 0.118. The number of hydrogen-bond donors (Lipinski definition) is 2. The topological polar surface area (TPSA) is 44.9 Å². The molecular formula is C17H15BrN2O. The molecule has 0 unspecified atom stereocenters. The number of nitrogens with one attached hydrogen (secondary N) is 2. The standard InChI is InChI=1S/C17H15BrN2O/c1-10-7-12(18)8-11(2)16(10)20-17(21)14-9-19-15-6-4-3-5-13(14)15/h3-9,19H,1-2H3,(H,20,21). The highest BCUT2D eigenvalue weighted by Gasteiger charge is 2.14. The SMILES string of the molecule is Cc1cc(Br)cc(C)c1NC(=O)c1c[nH]c2ccccc12. The van der Waals surface area contributed by atoms with Gasteiger partial charge in [0.15, 0.2) is 0 Å². The van der Waals surface area contributed by atoms with Gasteiger partial charge >= 0.3 is 0 Å². The Labute approximate surface area is 131 Å². The van der Waals surface area contributed by atoms with E-state index < -0.39 is 0 Å². The number of fused-ring (bicyclic) bond motifs is 1. The lowest BCUT2D eigenvalue weighted by Crippen LogP contribution is -2.13. The summed E-state index contributed by atoms with van der Waals surface area (Å²) in [6.45, 7) is 3.98. The number of aromatic nitrogens is 1. The number of H-pyrrole nitrogens is 1. The average Bonchev–Trinajstić information content (AvgIpc) is 2.86. The van der Waals surface area contributed by atoms with Gasteiger partial charge in [0.25, 0.3) is 5.91 Å². The van der Waals surface area contributed by atoms with Crippen molar-refractivity contribution in [2.45, 2.75) is 13.8 Å². The fourth-order valence-electron chi connectivity index (χ4n) is 2.55. The summed E-state index contributed by atoms with van der Waals surface area (Å²) in [6, 6.07) is 11.8. The highest BCUT2D eigenvalue weighted by molar-refractivity contribution is 9.10. The van der Waals surface area contributed by atoms with Crippen molar-refractivity contribution in [2.75, 3.05) is 5.32 Å². The van der Waals surface area contributed by atoms with Crippen LogP contribution in [0.25, 0.3) is 10.9 Å². The summed E-state index contributed by atoms with van der Waals surface area (Å²) in [5, 5.41) is 3.95. The first kappa shape index (κ1) is 13.9. The molecular weight excluding hydrogens is 328 g/mol. The third kappa shape index (κ3) is 2.59. The molecule has 3 rings (SSSR count). The first-order valence-electron chi connectivity index (χ1n) is 6.70. The van der Waals surface area contributed by atoms with E-state index in [0.717, 1.165) is 32.2 Å². The summed E-state index contributed by atoms with van der Waals surface area (Å²) >= 11 is 3.47. The van der Waals surface area contributed by atoms with Crippen LogP contribution in [-0.2, 0) is 0 Å². The molecule has 0 aliphatic heterocycles. The largest absolute Gasteiger partial charge is 0.360 e. The number of aryl methyl sites for hydroxylation is 2. The maximum atomic E-state index is 12.5. The van der Waals surface area contributed by atoms with Crippen molar-refractivity contribution < 1.29 is 4.79 Å². The summed E-state index contributed by atoms with van der Waals surface area (Å²) in [6.07, 6.45) is 1.75. The van der Waals surface area contributed by atoms with Crippen molar-refractivity contribution in [3.8, 4) is 0 Å². The van der Waals surface area contributed by atoms with Gasteiger partial charge in [-0.1, -0.05) is 34.1 Å². The third-order valence-electron chi connectivity index (χ3n) is 3.57. The molecule has 0 saturated carbocycles. The Hall–Kier alpha value is -2.07. The number of carbonyl (C=O) groups excluding carboxylic acids is 1. The van der Waals surface area contributed by atoms with E-state index in [1.165, 1.54) is 0 Å². The van der Waals surface area contributed by atoms with E-state index in [-0.39, 0.29) is 5.91 Å². The molecule has 0 fully saturated rings. The number of para-hydroxylation sites is 1. The van der Waals surface area contributed by atoms with E-state index in [1.807, 2.05) is 50.2 Å².